The summed E-state index contributed by atoms with van der Waals surface area (Å²) >= 11 is 0. The minimum atomic E-state index is -0.471. The molecule has 0 aliphatic carbocycles. The van der Waals surface area contributed by atoms with Crippen LogP contribution in [0.3, 0.4) is 0 Å². The maximum absolute atomic E-state index is 12.7. The first-order chi connectivity index (χ1) is 13.1. The molecule has 0 radical (unpaired) electrons. The summed E-state index contributed by atoms with van der Waals surface area (Å²) in [5, 5.41) is 10.0. The van der Waals surface area contributed by atoms with Gasteiger partial charge < -0.3 is 9.84 Å². The molecule has 1 aliphatic heterocycles. The van der Waals surface area contributed by atoms with Gasteiger partial charge in [-0.2, -0.15) is 4.98 Å². The van der Waals surface area contributed by atoms with Gasteiger partial charge in [0.1, 0.15) is 11.9 Å². The van der Waals surface area contributed by atoms with Gasteiger partial charge in [0.2, 0.25) is 0 Å². The molecule has 1 aromatic carbocycles. The van der Waals surface area contributed by atoms with Crippen molar-refractivity contribution in [3.63, 3.8) is 0 Å². The van der Waals surface area contributed by atoms with Crippen LogP contribution in [-0.4, -0.2) is 31.9 Å². The second kappa shape index (κ2) is 7.09. The second-order valence-electron chi connectivity index (χ2n) is 7.00. The fourth-order valence-electron chi connectivity index (χ4n) is 3.64. The van der Waals surface area contributed by atoms with E-state index in [2.05, 4.69) is 4.98 Å². The summed E-state index contributed by atoms with van der Waals surface area (Å²) in [6, 6.07) is 12.7. The molecule has 0 spiro atoms. The molecule has 1 aliphatic rings. The Bertz CT molecular complexity index is 1070. The lowest BCUT2D eigenvalue weighted by Gasteiger charge is -2.19. The van der Waals surface area contributed by atoms with E-state index in [0.717, 1.165) is 5.56 Å². The standard InChI is InChI=1S/C20H21N3O4/c1-13-9-16(12-24)27-19(13)23-11-15-7-8-17(25)22(18(15)21-20(23)26)10-14-5-3-2-4-6-14/h2-8,11,13,16,19,24H,9-10,12H2,1H3/t13-,16-,19+/m0/s1. The molecule has 27 heavy (non-hydrogen) atoms. The highest BCUT2D eigenvalue weighted by molar-refractivity contribution is 5.73. The fraction of sp³-hybridized carbons (Fsp3) is 0.350. The van der Waals surface area contributed by atoms with E-state index >= 15 is 0 Å². The number of fused-ring (bicyclic) bond motifs is 1. The van der Waals surface area contributed by atoms with Crippen LogP contribution in [0.15, 0.2) is 58.3 Å². The van der Waals surface area contributed by atoms with E-state index in [9.17, 15) is 14.7 Å². The third-order valence-electron chi connectivity index (χ3n) is 5.00. The van der Waals surface area contributed by atoms with Crippen molar-refractivity contribution in [1.29, 1.82) is 0 Å². The molecule has 1 fully saturated rings. The second-order valence-corrected chi connectivity index (χ2v) is 7.00. The van der Waals surface area contributed by atoms with Crippen LogP contribution in [0.5, 0.6) is 0 Å². The van der Waals surface area contributed by atoms with Crippen LogP contribution >= 0.6 is 0 Å². The van der Waals surface area contributed by atoms with Crippen molar-refractivity contribution in [2.24, 2.45) is 5.92 Å². The Kier molecular flexibility index (Phi) is 4.63. The molecule has 7 heteroatoms. The van der Waals surface area contributed by atoms with E-state index < -0.39 is 11.9 Å². The minimum absolute atomic E-state index is 0.0762. The number of hydrogen-bond acceptors (Lipinski definition) is 5. The zero-order valence-electron chi connectivity index (χ0n) is 15.0. The van der Waals surface area contributed by atoms with Gasteiger partial charge in [0.15, 0.2) is 0 Å². The quantitative estimate of drug-likeness (QED) is 0.756. The maximum Gasteiger partial charge on any atom is 0.351 e. The minimum Gasteiger partial charge on any atom is -0.394 e. The van der Waals surface area contributed by atoms with Gasteiger partial charge in [-0.1, -0.05) is 37.3 Å². The van der Waals surface area contributed by atoms with Crippen LogP contribution in [0.1, 0.15) is 25.1 Å². The van der Waals surface area contributed by atoms with Gasteiger partial charge in [0, 0.05) is 23.6 Å². The Morgan fingerprint density at radius 1 is 1.19 bits per heavy atom. The molecule has 140 valence electrons. The summed E-state index contributed by atoms with van der Waals surface area (Å²) in [6.07, 6.45) is 1.62. The van der Waals surface area contributed by atoms with Crippen LogP contribution in [0.4, 0.5) is 0 Å². The summed E-state index contributed by atoms with van der Waals surface area (Å²) in [7, 11) is 0. The van der Waals surface area contributed by atoms with Gasteiger partial charge in [-0.3, -0.25) is 13.9 Å². The molecule has 1 N–H and O–H groups in total. The average Bonchev–Trinajstić information content (AvgIpc) is 3.05. The fourth-order valence-corrected chi connectivity index (χ4v) is 3.64. The Balaban J connectivity index is 1.79. The number of ether oxygens (including phenoxy) is 1. The van der Waals surface area contributed by atoms with Crippen molar-refractivity contribution < 1.29 is 9.84 Å². The maximum atomic E-state index is 12.7. The summed E-state index contributed by atoms with van der Waals surface area (Å²) in [5.74, 6) is 0.0781. The molecule has 0 unspecified atom stereocenters. The van der Waals surface area contributed by atoms with Crippen LogP contribution in [0, 0.1) is 5.92 Å². The number of nitrogens with zero attached hydrogens (tertiary/aromatic N) is 3. The molecule has 4 rings (SSSR count). The SMILES string of the molecule is C[C@H]1C[C@@H](CO)O[C@H]1n1cc2ccc(=O)n(Cc3ccccc3)c2nc1=O. The van der Waals surface area contributed by atoms with Crippen molar-refractivity contribution in [1.82, 2.24) is 14.1 Å². The normalized spacial score (nSPS) is 22.4. The molecule has 0 amide bonds. The highest BCUT2D eigenvalue weighted by Gasteiger charge is 2.33. The first kappa shape index (κ1) is 17.6. The number of pyridine rings is 1. The highest BCUT2D eigenvalue weighted by atomic mass is 16.5. The molecular weight excluding hydrogens is 346 g/mol. The number of aliphatic hydroxyl groups excluding tert-OH is 1. The van der Waals surface area contributed by atoms with Gasteiger partial charge in [-0.05, 0) is 18.1 Å². The Hall–Kier alpha value is -2.77. The lowest BCUT2D eigenvalue weighted by molar-refractivity contribution is -0.0333. The van der Waals surface area contributed by atoms with Crippen molar-refractivity contribution in [3.8, 4) is 0 Å². The van der Waals surface area contributed by atoms with Crippen LogP contribution in [0.2, 0.25) is 0 Å². The van der Waals surface area contributed by atoms with Crippen LogP contribution in [-0.2, 0) is 11.3 Å². The monoisotopic (exact) mass is 367 g/mol. The summed E-state index contributed by atoms with van der Waals surface area (Å²) in [6.45, 7) is 2.25. The topological polar surface area (TPSA) is 86.3 Å². The number of benzene rings is 1. The largest absolute Gasteiger partial charge is 0.394 e. The van der Waals surface area contributed by atoms with Crippen molar-refractivity contribution in [3.05, 3.63) is 75.1 Å². The first-order valence-electron chi connectivity index (χ1n) is 9.00. The smallest absolute Gasteiger partial charge is 0.351 e. The van der Waals surface area contributed by atoms with Gasteiger partial charge in [0.25, 0.3) is 5.56 Å². The third-order valence-corrected chi connectivity index (χ3v) is 5.00. The van der Waals surface area contributed by atoms with Crippen molar-refractivity contribution >= 4 is 11.0 Å². The number of aromatic nitrogens is 3. The van der Waals surface area contributed by atoms with E-state index in [4.69, 9.17) is 4.74 Å². The third kappa shape index (κ3) is 3.31. The molecule has 7 nitrogen and oxygen atoms in total. The van der Waals surface area contributed by atoms with Gasteiger partial charge in [-0.25, -0.2) is 4.79 Å². The number of rotatable bonds is 4. The number of aliphatic hydroxyl groups is 1. The van der Waals surface area contributed by atoms with Gasteiger partial charge in [-0.15, -0.1) is 0 Å². The molecule has 1 saturated heterocycles. The molecule has 0 saturated carbocycles. The zero-order chi connectivity index (χ0) is 19.0. The molecule has 3 heterocycles. The van der Waals surface area contributed by atoms with E-state index in [-0.39, 0.29) is 24.2 Å². The summed E-state index contributed by atoms with van der Waals surface area (Å²) in [4.78, 5) is 29.2. The van der Waals surface area contributed by atoms with Crippen molar-refractivity contribution in [2.45, 2.75) is 32.2 Å². The molecule has 2 aromatic heterocycles. The van der Waals surface area contributed by atoms with Crippen LogP contribution < -0.4 is 11.2 Å². The lowest BCUT2D eigenvalue weighted by atomic mass is 10.1. The Morgan fingerprint density at radius 2 is 1.96 bits per heavy atom. The van der Waals surface area contributed by atoms with Gasteiger partial charge in [0.05, 0.1) is 19.3 Å². The highest BCUT2D eigenvalue weighted by Crippen LogP contribution is 2.33. The molecule has 3 atom stereocenters. The predicted octanol–water partition coefficient (Wildman–Crippen LogP) is 1.52. The van der Waals surface area contributed by atoms with Gasteiger partial charge >= 0.3 is 5.69 Å². The summed E-state index contributed by atoms with van der Waals surface area (Å²) in [5.41, 5.74) is 0.640. The van der Waals surface area contributed by atoms with E-state index in [0.29, 0.717) is 24.0 Å². The first-order valence-corrected chi connectivity index (χ1v) is 9.00. The zero-order valence-corrected chi connectivity index (χ0v) is 15.0. The summed E-state index contributed by atoms with van der Waals surface area (Å²) < 4.78 is 8.76. The average molecular weight is 367 g/mol. The number of hydrogen-bond donors (Lipinski definition) is 1. The molecule has 3 aromatic rings. The van der Waals surface area contributed by atoms with E-state index in [1.807, 2.05) is 37.3 Å². The molecule has 0 bridgehead atoms. The van der Waals surface area contributed by atoms with Crippen LogP contribution in [0.25, 0.3) is 11.0 Å². The van der Waals surface area contributed by atoms with Crippen molar-refractivity contribution in [2.75, 3.05) is 6.61 Å². The molecular formula is C20H21N3O4. The van der Waals surface area contributed by atoms with E-state index in [1.165, 1.54) is 15.2 Å². The Labute approximate surface area is 155 Å². The van der Waals surface area contributed by atoms with E-state index in [1.54, 1.807) is 12.3 Å². The lowest BCUT2D eigenvalue weighted by Crippen LogP contribution is -2.31. The predicted molar refractivity (Wildman–Crippen MR) is 101 cm³/mol. The Morgan fingerprint density at radius 3 is 2.67 bits per heavy atom.